The average molecular weight is 417 g/mol. The standard InChI is InChI=1S/C19H14Cl2N4O3/c20-12-4-2-5-13(21)16(12)18(26)23-15-6-1-3-11-14(7-8-22-17(11)15)24-25-9-10-28-19(25)27/h1-8H,9-10H2,(H,22,24)(H,23,26). The molecule has 1 aliphatic rings. The molecule has 0 atom stereocenters. The summed E-state index contributed by atoms with van der Waals surface area (Å²) in [6.07, 6.45) is 1.15. The molecule has 3 aromatic rings. The van der Waals surface area contributed by atoms with Gasteiger partial charge in [-0.2, -0.15) is 0 Å². The van der Waals surface area contributed by atoms with Crippen LogP contribution in [0.2, 0.25) is 10.0 Å². The van der Waals surface area contributed by atoms with E-state index in [0.29, 0.717) is 30.0 Å². The molecule has 0 saturated carbocycles. The van der Waals surface area contributed by atoms with Crippen molar-refractivity contribution >= 4 is 57.5 Å². The van der Waals surface area contributed by atoms with Gasteiger partial charge in [0.25, 0.3) is 5.91 Å². The number of rotatable bonds is 4. The summed E-state index contributed by atoms with van der Waals surface area (Å²) in [4.78, 5) is 28.8. The van der Waals surface area contributed by atoms with Crippen LogP contribution in [-0.4, -0.2) is 35.1 Å². The molecule has 2 amide bonds. The smallest absolute Gasteiger partial charge is 0.428 e. The van der Waals surface area contributed by atoms with Gasteiger partial charge in [0.1, 0.15) is 6.61 Å². The summed E-state index contributed by atoms with van der Waals surface area (Å²) in [5.41, 5.74) is 4.93. The first kappa shape index (κ1) is 18.3. The predicted octanol–water partition coefficient (Wildman–Crippen LogP) is 4.57. The molecule has 1 saturated heterocycles. The van der Waals surface area contributed by atoms with Crippen LogP contribution in [0, 0.1) is 0 Å². The molecule has 0 bridgehead atoms. The highest BCUT2D eigenvalue weighted by molar-refractivity contribution is 6.40. The zero-order valence-corrected chi connectivity index (χ0v) is 15.9. The van der Waals surface area contributed by atoms with Gasteiger partial charge < -0.3 is 10.1 Å². The van der Waals surface area contributed by atoms with Crippen LogP contribution in [0.5, 0.6) is 0 Å². The van der Waals surface area contributed by atoms with Gasteiger partial charge in [0.2, 0.25) is 0 Å². The lowest BCUT2D eigenvalue weighted by Gasteiger charge is -2.18. The first-order chi connectivity index (χ1) is 13.5. The highest BCUT2D eigenvalue weighted by Gasteiger charge is 2.23. The number of carbonyl (C=O) groups is 2. The van der Waals surface area contributed by atoms with Crippen LogP contribution in [0.15, 0.2) is 48.7 Å². The van der Waals surface area contributed by atoms with E-state index in [0.717, 1.165) is 5.39 Å². The summed E-state index contributed by atoms with van der Waals surface area (Å²) in [6, 6.07) is 12.0. The summed E-state index contributed by atoms with van der Waals surface area (Å²) in [7, 11) is 0. The van der Waals surface area contributed by atoms with Gasteiger partial charge in [-0.05, 0) is 24.3 Å². The summed E-state index contributed by atoms with van der Waals surface area (Å²) >= 11 is 12.2. The van der Waals surface area contributed by atoms with Crippen molar-refractivity contribution < 1.29 is 14.3 Å². The number of ether oxygens (including phenoxy) is 1. The number of nitrogens with one attached hydrogen (secondary N) is 2. The van der Waals surface area contributed by atoms with Crippen molar-refractivity contribution in [1.82, 2.24) is 9.99 Å². The molecule has 0 unspecified atom stereocenters. The van der Waals surface area contributed by atoms with Gasteiger partial charge >= 0.3 is 6.09 Å². The molecule has 7 nitrogen and oxygen atoms in total. The van der Waals surface area contributed by atoms with E-state index in [1.54, 1.807) is 42.6 Å². The average Bonchev–Trinajstić information content (AvgIpc) is 3.07. The van der Waals surface area contributed by atoms with Gasteiger partial charge in [-0.1, -0.05) is 41.4 Å². The fourth-order valence-corrected chi connectivity index (χ4v) is 3.48. The van der Waals surface area contributed by atoms with Gasteiger partial charge in [0.15, 0.2) is 0 Å². The number of anilines is 2. The molecule has 28 heavy (non-hydrogen) atoms. The first-order valence-corrected chi connectivity index (χ1v) is 9.14. The fourth-order valence-electron chi connectivity index (χ4n) is 2.91. The molecule has 142 valence electrons. The molecule has 0 radical (unpaired) electrons. The molecule has 2 N–H and O–H groups in total. The maximum absolute atomic E-state index is 12.7. The second kappa shape index (κ2) is 7.53. The maximum Gasteiger partial charge on any atom is 0.428 e. The van der Waals surface area contributed by atoms with Gasteiger partial charge in [0.05, 0.1) is 39.0 Å². The van der Waals surface area contributed by atoms with E-state index < -0.39 is 12.0 Å². The summed E-state index contributed by atoms with van der Waals surface area (Å²) < 4.78 is 4.92. The number of benzene rings is 2. The maximum atomic E-state index is 12.7. The Kier molecular flexibility index (Phi) is 4.93. The molecule has 1 aromatic heterocycles. The Labute approximate surface area is 170 Å². The number of fused-ring (bicyclic) bond motifs is 1. The van der Waals surface area contributed by atoms with Crippen LogP contribution < -0.4 is 10.7 Å². The van der Waals surface area contributed by atoms with E-state index >= 15 is 0 Å². The largest absolute Gasteiger partial charge is 0.446 e. The monoisotopic (exact) mass is 416 g/mol. The minimum Gasteiger partial charge on any atom is -0.446 e. The topological polar surface area (TPSA) is 83.6 Å². The number of nitrogens with zero attached hydrogens (tertiary/aromatic N) is 2. The van der Waals surface area contributed by atoms with Crippen LogP contribution in [0.4, 0.5) is 16.2 Å². The first-order valence-electron chi connectivity index (χ1n) is 8.38. The van der Waals surface area contributed by atoms with Gasteiger partial charge in [-0.25, -0.2) is 9.80 Å². The number of para-hydroxylation sites is 1. The van der Waals surface area contributed by atoms with E-state index in [9.17, 15) is 9.59 Å². The predicted molar refractivity (Wildman–Crippen MR) is 108 cm³/mol. The summed E-state index contributed by atoms with van der Waals surface area (Å²) in [6.45, 7) is 0.763. The van der Waals surface area contributed by atoms with Crippen molar-refractivity contribution in [1.29, 1.82) is 0 Å². The van der Waals surface area contributed by atoms with Crippen molar-refractivity contribution in [3.05, 3.63) is 64.3 Å². The van der Waals surface area contributed by atoms with Crippen LogP contribution in [0.3, 0.4) is 0 Å². The SMILES string of the molecule is O=C(Nc1cccc2c(NN3CCOC3=O)ccnc12)c1c(Cl)cccc1Cl. The normalized spacial score (nSPS) is 13.5. The van der Waals surface area contributed by atoms with E-state index in [-0.39, 0.29) is 15.6 Å². The molecule has 1 aliphatic heterocycles. The Balaban J connectivity index is 1.68. The molecule has 9 heteroatoms. The Morgan fingerprint density at radius 3 is 2.54 bits per heavy atom. The third-order valence-corrected chi connectivity index (χ3v) is 4.86. The molecule has 0 aliphatic carbocycles. The van der Waals surface area contributed by atoms with Crippen molar-refractivity contribution in [2.75, 3.05) is 23.9 Å². The molecule has 1 fully saturated rings. The van der Waals surface area contributed by atoms with Crippen LogP contribution in [-0.2, 0) is 4.74 Å². The molecular formula is C19H14Cl2N4O3. The third kappa shape index (κ3) is 3.42. The van der Waals surface area contributed by atoms with Gasteiger partial charge in [0, 0.05) is 11.6 Å². The lowest BCUT2D eigenvalue weighted by molar-refractivity contribution is 0.102. The summed E-state index contributed by atoms with van der Waals surface area (Å²) in [5.74, 6) is -0.439. The minimum atomic E-state index is -0.442. The Morgan fingerprint density at radius 2 is 1.82 bits per heavy atom. The van der Waals surface area contributed by atoms with E-state index in [2.05, 4.69) is 15.7 Å². The second-order valence-corrected chi connectivity index (χ2v) is 6.80. The zero-order chi connectivity index (χ0) is 19.7. The number of halogens is 2. The highest BCUT2D eigenvalue weighted by Crippen LogP contribution is 2.30. The number of aromatic nitrogens is 1. The van der Waals surface area contributed by atoms with Gasteiger partial charge in [-0.3, -0.25) is 15.2 Å². The second-order valence-electron chi connectivity index (χ2n) is 5.99. The van der Waals surface area contributed by atoms with Crippen molar-refractivity contribution in [2.45, 2.75) is 0 Å². The molecule has 2 aromatic carbocycles. The highest BCUT2D eigenvalue weighted by atomic mass is 35.5. The zero-order valence-electron chi connectivity index (χ0n) is 14.4. The fraction of sp³-hybridized carbons (Fsp3) is 0.105. The number of cyclic esters (lactones) is 1. The number of hydrazine groups is 1. The Morgan fingerprint density at radius 1 is 1.07 bits per heavy atom. The molecular weight excluding hydrogens is 403 g/mol. The molecule has 2 heterocycles. The molecule has 4 rings (SSSR count). The minimum absolute atomic E-state index is 0.192. The number of hydrogen-bond donors (Lipinski definition) is 2. The third-order valence-electron chi connectivity index (χ3n) is 4.23. The van der Waals surface area contributed by atoms with Crippen molar-refractivity contribution in [3.63, 3.8) is 0 Å². The van der Waals surface area contributed by atoms with Crippen molar-refractivity contribution in [2.24, 2.45) is 0 Å². The Hall–Kier alpha value is -3.03. The van der Waals surface area contributed by atoms with E-state index in [4.69, 9.17) is 27.9 Å². The van der Waals surface area contributed by atoms with Crippen LogP contribution in [0.1, 0.15) is 10.4 Å². The van der Waals surface area contributed by atoms with E-state index in [1.807, 2.05) is 6.07 Å². The van der Waals surface area contributed by atoms with Gasteiger partial charge in [-0.15, -0.1) is 0 Å². The van der Waals surface area contributed by atoms with Crippen molar-refractivity contribution in [3.8, 4) is 0 Å². The summed E-state index contributed by atoms with van der Waals surface area (Å²) in [5, 5.41) is 5.43. The van der Waals surface area contributed by atoms with Crippen LogP contribution in [0.25, 0.3) is 10.9 Å². The number of amides is 2. The lowest BCUT2D eigenvalue weighted by Crippen LogP contribution is -2.30. The Bertz CT molecular complexity index is 1070. The number of hydrogen-bond acceptors (Lipinski definition) is 5. The number of pyridine rings is 1. The lowest BCUT2D eigenvalue weighted by atomic mass is 10.1. The molecule has 0 spiro atoms. The van der Waals surface area contributed by atoms with E-state index in [1.165, 1.54) is 5.01 Å². The van der Waals surface area contributed by atoms with Crippen LogP contribution >= 0.6 is 23.2 Å². The quantitative estimate of drug-likeness (QED) is 0.650. The number of carbonyl (C=O) groups excluding carboxylic acids is 2.